The van der Waals surface area contributed by atoms with Gasteiger partial charge in [-0.05, 0) is 82.5 Å². The van der Waals surface area contributed by atoms with E-state index in [4.69, 9.17) is 9.47 Å². The van der Waals surface area contributed by atoms with Gasteiger partial charge in [0.05, 0.1) is 13.2 Å². The topological polar surface area (TPSA) is 35.5 Å². The second-order valence-corrected chi connectivity index (χ2v) is 9.90. The minimum atomic E-state index is 0. The van der Waals surface area contributed by atoms with Crippen LogP contribution in [0, 0.1) is 39.5 Å². The molecule has 1 unspecified atom stereocenters. The first-order valence-electron chi connectivity index (χ1n) is 10.4. The first-order chi connectivity index (χ1) is 13.6. The van der Waals surface area contributed by atoms with Crippen LogP contribution in [0.15, 0.2) is 24.3 Å². The van der Waals surface area contributed by atoms with Gasteiger partial charge in [-0.1, -0.05) is 33.8 Å². The van der Waals surface area contributed by atoms with Crippen molar-refractivity contribution < 1.29 is 14.3 Å². The Morgan fingerprint density at radius 3 is 2.07 bits per heavy atom. The number of carbonyl (C=O) groups excluding carboxylic acids is 1. The molecule has 0 aliphatic carbocycles. The fourth-order valence-corrected chi connectivity index (χ4v) is 4.34. The fraction of sp³-hybridized carbons (Fsp3) is 0.480. The van der Waals surface area contributed by atoms with Crippen molar-refractivity contribution >= 4 is 38.3 Å². The second-order valence-electron chi connectivity index (χ2n) is 8.66. The quantitative estimate of drug-likeness (QED) is 0.396. The van der Waals surface area contributed by atoms with Gasteiger partial charge in [-0.3, -0.25) is 4.79 Å². The van der Waals surface area contributed by atoms with Crippen LogP contribution < -0.4 is 14.8 Å². The Bertz CT molecular complexity index is 875. The van der Waals surface area contributed by atoms with E-state index in [-0.39, 0.29) is 33.0 Å². The van der Waals surface area contributed by atoms with Crippen molar-refractivity contribution in [1.29, 1.82) is 0 Å². The maximum absolute atomic E-state index is 13.2. The first-order valence-corrected chi connectivity index (χ1v) is 11.4. The molecule has 0 radical (unpaired) electrons. The molecule has 160 valence electrons. The van der Waals surface area contributed by atoms with E-state index in [9.17, 15) is 4.79 Å². The van der Waals surface area contributed by atoms with Gasteiger partial charge in [0, 0.05) is 16.9 Å². The minimum absolute atomic E-state index is 0. The molecule has 5 heteroatoms. The summed E-state index contributed by atoms with van der Waals surface area (Å²) in [5, 5.41) is 0.935. The summed E-state index contributed by atoms with van der Waals surface area (Å²) in [4.78, 5) is 13.2. The average Bonchev–Trinajstić information content (AvgIpc) is 2.64. The van der Waals surface area contributed by atoms with Crippen LogP contribution in [0.5, 0.6) is 11.5 Å². The molecule has 0 fully saturated rings. The summed E-state index contributed by atoms with van der Waals surface area (Å²) < 4.78 is 11.9. The van der Waals surface area contributed by atoms with Crippen LogP contribution >= 0.6 is 8.58 Å². The van der Waals surface area contributed by atoms with Crippen molar-refractivity contribution in [3.05, 3.63) is 52.1 Å². The monoisotopic (exact) mass is 422 g/mol. The third kappa shape index (κ3) is 7.16. The Labute approximate surface area is 196 Å². The molecular formula is C25H36LiO3P. The van der Waals surface area contributed by atoms with Gasteiger partial charge in [0.25, 0.3) is 0 Å². The van der Waals surface area contributed by atoms with Crippen LogP contribution in [0.25, 0.3) is 0 Å². The number of aryl methyl sites for hydroxylation is 2. The summed E-state index contributed by atoms with van der Waals surface area (Å²) in [6.45, 7) is 18.0. The van der Waals surface area contributed by atoms with Crippen molar-refractivity contribution in [3.63, 3.8) is 0 Å². The number of carbonyl (C=O) groups is 1. The van der Waals surface area contributed by atoms with Gasteiger partial charge in [-0.2, -0.15) is 0 Å². The summed E-state index contributed by atoms with van der Waals surface area (Å²) in [5.74, 6) is 2.41. The number of hydrogen-bond acceptors (Lipinski definition) is 3. The van der Waals surface area contributed by atoms with Crippen molar-refractivity contribution in [3.8, 4) is 11.5 Å². The van der Waals surface area contributed by atoms with E-state index < -0.39 is 0 Å². The summed E-state index contributed by atoms with van der Waals surface area (Å²) in [7, 11) is 0.0182. The van der Waals surface area contributed by atoms with Crippen LogP contribution in [-0.4, -0.2) is 37.6 Å². The molecule has 0 aliphatic rings. The van der Waals surface area contributed by atoms with Crippen LogP contribution in [0.3, 0.4) is 0 Å². The van der Waals surface area contributed by atoms with Gasteiger partial charge in [-0.15, -0.1) is 0 Å². The van der Waals surface area contributed by atoms with E-state index in [2.05, 4.69) is 47.6 Å². The zero-order valence-corrected chi connectivity index (χ0v) is 20.1. The third-order valence-electron chi connectivity index (χ3n) is 4.94. The molecule has 0 heterocycles. The summed E-state index contributed by atoms with van der Waals surface area (Å²) in [5.41, 5.74) is 5.56. The maximum atomic E-state index is 13.2. The fourth-order valence-electron chi connectivity index (χ4n) is 3.15. The van der Waals surface area contributed by atoms with Crippen LogP contribution in [0.1, 0.15) is 60.3 Å². The van der Waals surface area contributed by atoms with Gasteiger partial charge >= 0.3 is 18.9 Å². The molecule has 0 N–H and O–H groups in total. The van der Waals surface area contributed by atoms with Crippen molar-refractivity contribution in [2.24, 2.45) is 11.8 Å². The average molecular weight is 422 g/mol. The number of hydrogen-bond donors (Lipinski definition) is 0. The third-order valence-corrected chi connectivity index (χ3v) is 6.10. The number of ether oxygens (including phenoxy) is 2. The van der Waals surface area contributed by atoms with E-state index >= 15 is 0 Å². The van der Waals surface area contributed by atoms with Crippen LogP contribution in [0.4, 0.5) is 0 Å². The molecule has 2 aromatic carbocycles. The Kier molecular flexibility index (Phi) is 10.7. The summed E-state index contributed by atoms with van der Waals surface area (Å²) in [6, 6.07) is 7.97. The SMILES string of the molecule is Cc1cc(C)c(C(=O)Pc2ccc(OCC(C)C)cc2OCC(C)C)c(C)c1C.[LiH]. The Balaban J connectivity index is 0.00000450. The zero-order valence-electron chi connectivity index (χ0n) is 19.1. The molecule has 30 heavy (non-hydrogen) atoms. The van der Waals surface area contributed by atoms with Gasteiger partial charge in [0.1, 0.15) is 11.5 Å². The zero-order chi connectivity index (χ0) is 21.7. The normalized spacial score (nSPS) is 11.3. The van der Waals surface area contributed by atoms with E-state index in [1.54, 1.807) is 0 Å². The van der Waals surface area contributed by atoms with Gasteiger partial charge < -0.3 is 9.47 Å². The second kappa shape index (κ2) is 11.9. The molecular weight excluding hydrogens is 386 g/mol. The van der Waals surface area contributed by atoms with Gasteiger partial charge in [0.2, 0.25) is 0 Å². The van der Waals surface area contributed by atoms with E-state index in [0.717, 1.165) is 33.5 Å². The van der Waals surface area contributed by atoms with Crippen LogP contribution in [0.2, 0.25) is 0 Å². The van der Waals surface area contributed by atoms with Gasteiger partial charge in [-0.25, -0.2) is 0 Å². The predicted octanol–water partition coefficient (Wildman–Crippen LogP) is 5.49. The molecule has 2 rings (SSSR count). The molecule has 0 spiro atoms. The molecule has 0 saturated carbocycles. The molecule has 0 amide bonds. The molecule has 1 atom stereocenters. The Morgan fingerprint density at radius 2 is 1.47 bits per heavy atom. The number of benzene rings is 2. The molecule has 2 aromatic rings. The summed E-state index contributed by atoms with van der Waals surface area (Å²) in [6.07, 6.45) is 0. The Morgan fingerprint density at radius 1 is 0.867 bits per heavy atom. The van der Waals surface area contributed by atoms with E-state index in [1.807, 2.05) is 32.0 Å². The van der Waals surface area contributed by atoms with E-state index in [1.165, 1.54) is 11.1 Å². The Hall–Kier alpha value is -1.26. The van der Waals surface area contributed by atoms with E-state index in [0.29, 0.717) is 25.0 Å². The molecule has 0 aliphatic heterocycles. The standard InChI is InChI=1S/C25H35O3P.Li.H/c1-15(2)13-27-21-9-10-23(22(12-21)28-14-16(3)4)29-25(26)24-18(6)11-17(5)19(7)20(24)8;;/h9-12,15-16,29H,13-14H2,1-8H3;;. The first kappa shape index (κ1) is 26.8. The predicted molar refractivity (Wildman–Crippen MR) is 132 cm³/mol. The molecule has 0 bridgehead atoms. The molecule has 3 nitrogen and oxygen atoms in total. The van der Waals surface area contributed by atoms with Crippen LogP contribution in [-0.2, 0) is 0 Å². The molecule has 0 aromatic heterocycles. The summed E-state index contributed by atoms with van der Waals surface area (Å²) >= 11 is 0. The van der Waals surface area contributed by atoms with Gasteiger partial charge in [0.15, 0.2) is 5.52 Å². The van der Waals surface area contributed by atoms with Crippen molar-refractivity contribution in [1.82, 2.24) is 0 Å². The molecule has 0 saturated heterocycles. The number of rotatable bonds is 9. The van der Waals surface area contributed by atoms with Crippen molar-refractivity contribution in [2.45, 2.75) is 55.4 Å². The van der Waals surface area contributed by atoms with Crippen molar-refractivity contribution in [2.75, 3.05) is 13.2 Å².